The lowest BCUT2D eigenvalue weighted by atomic mass is 10.2. The highest BCUT2D eigenvalue weighted by atomic mass is 32.2. The predicted octanol–water partition coefficient (Wildman–Crippen LogP) is 3.07. The van der Waals surface area contributed by atoms with Crippen molar-refractivity contribution in [3.05, 3.63) is 64.6 Å². The second kappa shape index (κ2) is 10.1. The lowest BCUT2D eigenvalue weighted by Gasteiger charge is -2.36. The minimum atomic E-state index is -3.79. The van der Waals surface area contributed by atoms with Crippen molar-refractivity contribution in [3.63, 3.8) is 0 Å². The molecule has 2 aliphatic heterocycles. The number of piperazine rings is 1. The van der Waals surface area contributed by atoms with Crippen molar-refractivity contribution in [2.24, 2.45) is 0 Å². The largest absolute Gasteiger partial charge is 0.483 e. The lowest BCUT2D eigenvalue weighted by molar-refractivity contribution is 0.174. The maximum absolute atomic E-state index is 13.9. The normalized spacial score (nSPS) is 18.1. The fraction of sp³-hybridized carbons (Fsp3) is 0.385. The molecule has 0 N–H and O–H groups in total. The van der Waals surface area contributed by atoms with Gasteiger partial charge in [-0.15, -0.1) is 0 Å². The number of rotatable bonds is 6. The Morgan fingerprint density at radius 1 is 0.923 bits per heavy atom. The van der Waals surface area contributed by atoms with Gasteiger partial charge in [0, 0.05) is 38.3 Å². The van der Waals surface area contributed by atoms with E-state index in [1.165, 1.54) is 22.6 Å². The van der Waals surface area contributed by atoms with Gasteiger partial charge in [0.15, 0.2) is 11.5 Å². The van der Waals surface area contributed by atoms with Crippen LogP contribution >= 0.6 is 0 Å². The molecule has 1 aliphatic carbocycles. The standard InChI is InChI=1S/C26H26F2N4O6S/c27-17-11-18(28)13-19(12-17)32-26(33)25(38-20-3-1-2-4-20)22(15-29-32)30-7-9-31(10-8-30)39(34,35)21-5-6-23-24(14-21)37-16-36-23/h5-6,11-15,20H,1-4,7-10,16H2. The molecule has 3 heterocycles. The first-order chi connectivity index (χ1) is 18.8. The van der Waals surface area contributed by atoms with Crippen LogP contribution in [0, 0.1) is 11.6 Å². The smallest absolute Gasteiger partial charge is 0.316 e. The first kappa shape index (κ1) is 25.6. The van der Waals surface area contributed by atoms with Crippen LogP contribution in [-0.2, 0) is 10.0 Å². The van der Waals surface area contributed by atoms with E-state index in [1.54, 1.807) is 6.07 Å². The molecule has 2 fully saturated rings. The molecule has 0 amide bonds. The van der Waals surface area contributed by atoms with Gasteiger partial charge in [0.1, 0.15) is 17.3 Å². The molecule has 1 saturated heterocycles. The summed E-state index contributed by atoms with van der Waals surface area (Å²) in [5.41, 5.74) is -0.278. The number of anilines is 1. The van der Waals surface area contributed by atoms with Crippen molar-refractivity contribution in [2.45, 2.75) is 36.7 Å². The Labute approximate surface area is 223 Å². The zero-order chi connectivity index (χ0) is 27.1. The highest BCUT2D eigenvalue weighted by Gasteiger charge is 2.32. The third-order valence-electron chi connectivity index (χ3n) is 7.15. The van der Waals surface area contributed by atoms with Gasteiger partial charge in [0.05, 0.1) is 22.9 Å². The molecule has 0 unspecified atom stereocenters. The Kier molecular flexibility index (Phi) is 6.63. The Hall–Kier alpha value is -3.71. The zero-order valence-corrected chi connectivity index (χ0v) is 21.7. The summed E-state index contributed by atoms with van der Waals surface area (Å²) in [4.78, 5) is 15.5. The summed E-state index contributed by atoms with van der Waals surface area (Å²) in [5, 5.41) is 4.18. The number of benzene rings is 2. The van der Waals surface area contributed by atoms with Crippen LogP contribution in [0.25, 0.3) is 5.69 Å². The van der Waals surface area contributed by atoms with E-state index in [9.17, 15) is 22.0 Å². The van der Waals surface area contributed by atoms with Crippen LogP contribution in [0.5, 0.6) is 17.2 Å². The summed E-state index contributed by atoms with van der Waals surface area (Å²) in [6.45, 7) is 0.939. The van der Waals surface area contributed by atoms with Crippen LogP contribution in [0.4, 0.5) is 14.5 Å². The van der Waals surface area contributed by atoms with Gasteiger partial charge in [-0.05, 0) is 49.9 Å². The monoisotopic (exact) mass is 560 g/mol. The van der Waals surface area contributed by atoms with Crippen LogP contribution in [0.1, 0.15) is 25.7 Å². The molecule has 13 heteroatoms. The van der Waals surface area contributed by atoms with Gasteiger partial charge in [0.25, 0.3) is 0 Å². The lowest BCUT2D eigenvalue weighted by Crippen LogP contribution is -2.49. The molecule has 3 aromatic rings. The summed E-state index contributed by atoms with van der Waals surface area (Å²) in [7, 11) is -3.79. The van der Waals surface area contributed by atoms with Crippen LogP contribution < -0.4 is 24.7 Å². The number of hydrogen-bond acceptors (Lipinski definition) is 8. The van der Waals surface area contributed by atoms with Crippen molar-refractivity contribution in [3.8, 4) is 22.9 Å². The first-order valence-electron chi connectivity index (χ1n) is 12.7. The van der Waals surface area contributed by atoms with Gasteiger partial charge in [0.2, 0.25) is 22.6 Å². The van der Waals surface area contributed by atoms with E-state index in [0.29, 0.717) is 17.2 Å². The molecule has 0 bridgehead atoms. The molecule has 10 nitrogen and oxygen atoms in total. The number of fused-ring (bicyclic) bond motifs is 1. The molecule has 2 aromatic carbocycles. The second-order valence-corrected chi connectivity index (χ2v) is 11.6. The topological polar surface area (TPSA) is 103 Å². The average molecular weight is 561 g/mol. The van der Waals surface area contributed by atoms with Crippen LogP contribution in [-0.4, -0.2) is 61.6 Å². The first-order valence-corrected chi connectivity index (χ1v) is 14.1. The minimum Gasteiger partial charge on any atom is -0.483 e. The quantitative estimate of drug-likeness (QED) is 0.453. The van der Waals surface area contributed by atoms with Crippen LogP contribution in [0.3, 0.4) is 0 Å². The Morgan fingerprint density at radius 2 is 1.62 bits per heavy atom. The van der Waals surface area contributed by atoms with E-state index in [1.807, 2.05) is 4.90 Å². The van der Waals surface area contributed by atoms with Crippen LogP contribution in [0.2, 0.25) is 0 Å². The van der Waals surface area contributed by atoms with E-state index in [4.69, 9.17) is 14.2 Å². The number of ether oxygens (including phenoxy) is 3. The highest BCUT2D eigenvalue weighted by molar-refractivity contribution is 7.89. The Bertz CT molecular complexity index is 1550. The molecule has 0 atom stereocenters. The predicted molar refractivity (Wildman–Crippen MR) is 136 cm³/mol. The summed E-state index contributed by atoms with van der Waals surface area (Å²) in [5.74, 6) is -0.750. The fourth-order valence-corrected chi connectivity index (χ4v) is 6.58. The van der Waals surface area contributed by atoms with Gasteiger partial charge in [-0.25, -0.2) is 17.2 Å². The van der Waals surface area contributed by atoms with Gasteiger partial charge < -0.3 is 19.1 Å². The SMILES string of the molecule is O=c1c(OC2CCCC2)c(N2CCN(S(=O)(=O)c3ccc4c(c3)OCO4)CC2)cnn1-c1cc(F)cc(F)c1. The maximum Gasteiger partial charge on any atom is 0.316 e. The average Bonchev–Trinajstić information content (AvgIpc) is 3.61. The van der Waals surface area contributed by atoms with Gasteiger partial charge in [-0.1, -0.05) is 0 Å². The highest BCUT2D eigenvalue weighted by Crippen LogP contribution is 2.35. The molecule has 1 aromatic heterocycles. The molecule has 39 heavy (non-hydrogen) atoms. The zero-order valence-electron chi connectivity index (χ0n) is 20.9. The third-order valence-corrected chi connectivity index (χ3v) is 9.05. The second-order valence-electron chi connectivity index (χ2n) is 9.63. The summed E-state index contributed by atoms with van der Waals surface area (Å²) in [6, 6.07) is 7.28. The maximum atomic E-state index is 13.9. The summed E-state index contributed by atoms with van der Waals surface area (Å²) in [6.07, 6.45) is 4.80. The van der Waals surface area contributed by atoms with Crippen molar-refractivity contribution in [1.29, 1.82) is 0 Å². The number of aromatic nitrogens is 2. The van der Waals surface area contributed by atoms with Crippen molar-refractivity contribution in [2.75, 3.05) is 37.9 Å². The molecule has 3 aliphatic rings. The molecular formula is C26H26F2N4O6S. The summed E-state index contributed by atoms with van der Waals surface area (Å²) >= 11 is 0. The van der Waals surface area contributed by atoms with Crippen LogP contribution in [0.15, 0.2) is 52.3 Å². The minimum absolute atomic E-state index is 0.0358. The molecule has 0 spiro atoms. The number of sulfonamides is 1. The molecule has 1 saturated carbocycles. The molecule has 206 valence electrons. The molecular weight excluding hydrogens is 534 g/mol. The fourth-order valence-electron chi connectivity index (χ4n) is 5.14. The number of nitrogens with zero attached hydrogens (tertiary/aromatic N) is 4. The Balaban J connectivity index is 1.27. The molecule has 6 rings (SSSR count). The van der Waals surface area contributed by atoms with Gasteiger partial charge >= 0.3 is 5.56 Å². The Morgan fingerprint density at radius 3 is 2.33 bits per heavy atom. The van der Waals surface area contributed by atoms with E-state index in [-0.39, 0.29) is 55.4 Å². The molecule has 0 radical (unpaired) electrons. The summed E-state index contributed by atoms with van der Waals surface area (Å²) < 4.78 is 73.4. The van der Waals surface area contributed by atoms with Crippen molar-refractivity contribution in [1.82, 2.24) is 14.1 Å². The van der Waals surface area contributed by atoms with Gasteiger partial charge in [-0.3, -0.25) is 4.79 Å². The van der Waals surface area contributed by atoms with E-state index < -0.39 is 27.2 Å². The van der Waals surface area contributed by atoms with Gasteiger partial charge in [-0.2, -0.15) is 14.1 Å². The van der Waals surface area contributed by atoms with E-state index >= 15 is 0 Å². The number of hydrogen-bond donors (Lipinski definition) is 0. The van der Waals surface area contributed by atoms with Crippen molar-refractivity contribution >= 4 is 15.7 Å². The van der Waals surface area contributed by atoms with E-state index in [0.717, 1.165) is 48.6 Å². The van der Waals surface area contributed by atoms with E-state index in [2.05, 4.69) is 5.10 Å². The van der Waals surface area contributed by atoms with Crippen molar-refractivity contribution < 1.29 is 31.4 Å². The third kappa shape index (κ3) is 4.91. The number of halogens is 2.